The highest BCUT2D eigenvalue weighted by atomic mass is 14.6. The minimum absolute atomic E-state index is 0.586. The number of rotatable bonds is 3. The molecule has 0 rings (SSSR count). The highest BCUT2D eigenvalue weighted by molar-refractivity contribution is 5.71. The van der Waals surface area contributed by atoms with Crippen LogP contribution in [0.2, 0.25) is 0 Å². The van der Waals surface area contributed by atoms with E-state index in [2.05, 4.69) is 24.9 Å². The molecule has 0 radical (unpaired) electrons. The fourth-order valence-electron chi connectivity index (χ4n) is 0.407. The Morgan fingerprint density at radius 1 is 1.30 bits per heavy atom. The van der Waals surface area contributed by atoms with Gasteiger partial charge in [-0.25, -0.2) is 0 Å². The second kappa shape index (κ2) is 6.27. The number of hydrogen-bond donors (Lipinski definition) is 0. The zero-order chi connectivity index (χ0) is 7.82. The number of aliphatic imine (C=N–C) groups is 1. The number of nitrogens with zero attached hydrogens (tertiary/aromatic N) is 1. The van der Waals surface area contributed by atoms with E-state index >= 15 is 0 Å². The van der Waals surface area contributed by atoms with Crippen LogP contribution in [0.4, 0.5) is 0 Å². The molecule has 1 nitrogen and oxygen atoms in total. The van der Waals surface area contributed by atoms with E-state index in [1.54, 1.807) is 6.21 Å². The van der Waals surface area contributed by atoms with Crippen LogP contribution in [0, 0.1) is 5.92 Å². The van der Waals surface area contributed by atoms with E-state index in [9.17, 15) is 0 Å². The summed E-state index contributed by atoms with van der Waals surface area (Å²) in [6.45, 7) is 6.22. The average molecular weight is 137 g/mol. The van der Waals surface area contributed by atoms with Crippen LogP contribution in [0.5, 0.6) is 0 Å². The molecule has 0 aromatic heterocycles. The summed E-state index contributed by atoms with van der Waals surface area (Å²) in [5, 5.41) is 0. The highest BCUT2D eigenvalue weighted by Gasteiger charge is 1.78. The maximum absolute atomic E-state index is 4.01. The maximum Gasteiger partial charge on any atom is 0.0264 e. The van der Waals surface area contributed by atoms with Crippen LogP contribution in [-0.2, 0) is 0 Å². The van der Waals surface area contributed by atoms with E-state index in [1.165, 1.54) is 0 Å². The fourth-order valence-corrected chi connectivity index (χ4v) is 0.407. The molecule has 1 heteroatoms. The molecule has 0 atom stereocenters. The van der Waals surface area contributed by atoms with Crippen LogP contribution in [-0.4, -0.2) is 6.21 Å². The van der Waals surface area contributed by atoms with Gasteiger partial charge in [0.15, 0.2) is 0 Å². The lowest BCUT2D eigenvalue weighted by Gasteiger charge is -1.87. The number of hydrogen-bond acceptors (Lipinski definition) is 1. The van der Waals surface area contributed by atoms with Crippen molar-refractivity contribution >= 4 is 6.21 Å². The molecule has 0 heterocycles. The van der Waals surface area contributed by atoms with Gasteiger partial charge in [0.2, 0.25) is 0 Å². The lowest BCUT2D eigenvalue weighted by molar-refractivity contribution is 0.829. The molecular weight excluding hydrogens is 122 g/mol. The molecular formula is C9H15N. The van der Waals surface area contributed by atoms with Gasteiger partial charge in [0.25, 0.3) is 0 Å². The van der Waals surface area contributed by atoms with Crippen molar-refractivity contribution in [3.05, 3.63) is 24.4 Å². The molecule has 0 aromatic carbocycles. The van der Waals surface area contributed by atoms with Crippen molar-refractivity contribution in [3.8, 4) is 0 Å². The minimum atomic E-state index is 0.586. The van der Waals surface area contributed by atoms with E-state index in [4.69, 9.17) is 0 Å². The topological polar surface area (TPSA) is 12.4 Å². The standard InChI is InChI=1S/C9H15N/c1-4-5-7-10-8-6-9(2)3/h4-9H,1-3H3/b5-4-,8-6+,10-7-. The first-order chi connectivity index (χ1) is 4.77. The van der Waals surface area contributed by atoms with Crippen molar-refractivity contribution in [2.24, 2.45) is 10.9 Å². The predicted octanol–water partition coefficient (Wildman–Crippen LogP) is 2.80. The van der Waals surface area contributed by atoms with Crippen molar-refractivity contribution in [1.82, 2.24) is 0 Å². The Bertz CT molecular complexity index is 141. The van der Waals surface area contributed by atoms with Crippen molar-refractivity contribution in [1.29, 1.82) is 0 Å². The Hall–Kier alpha value is -0.850. The van der Waals surface area contributed by atoms with Gasteiger partial charge in [-0.15, -0.1) is 0 Å². The third-order valence-electron chi connectivity index (χ3n) is 0.922. The summed E-state index contributed by atoms with van der Waals surface area (Å²) < 4.78 is 0. The van der Waals surface area contributed by atoms with E-state index in [-0.39, 0.29) is 0 Å². The Kier molecular flexibility index (Phi) is 5.74. The lowest BCUT2D eigenvalue weighted by Crippen LogP contribution is -1.74. The lowest BCUT2D eigenvalue weighted by atomic mass is 10.2. The third kappa shape index (κ3) is 7.15. The van der Waals surface area contributed by atoms with Gasteiger partial charge in [-0.1, -0.05) is 26.0 Å². The van der Waals surface area contributed by atoms with Crippen LogP contribution < -0.4 is 0 Å². The third-order valence-corrected chi connectivity index (χ3v) is 0.922. The maximum atomic E-state index is 4.01. The molecule has 56 valence electrons. The zero-order valence-electron chi connectivity index (χ0n) is 6.91. The summed E-state index contributed by atoms with van der Waals surface area (Å²) in [6, 6.07) is 0. The quantitative estimate of drug-likeness (QED) is 0.530. The van der Waals surface area contributed by atoms with Gasteiger partial charge < -0.3 is 0 Å². The Morgan fingerprint density at radius 2 is 2.00 bits per heavy atom. The molecule has 0 spiro atoms. The van der Waals surface area contributed by atoms with Crippen LogP contribution in [0.1, 0.15) is 20.8 Å². The Balaban J connectivity index is 3.51. The smallest absolute Gasteiger partial charge is 0.0264 e. The molecule has 0 amide bonds. The monoisotopic (exact) mass is 137 g/mol. The summed E-state index contributed by atoms with van der Waals surface area (Å²) in [6.07, 6.45) is 9.51. The fraction of sp³-hybridized carbons (Fsp3) is 0.444. The van der Waals surface area contributed by atoms with Crippen molar-refractivity contribution in [3.63, 3.8) is 0 Å². The van der Waals surface area contributed by atoms with Crippen molar-refractivity contribution in [2.75, 3.05) is 0 Å². The summed E-state index contributed by atoms with van der Waals surface area (Å²) in [7, 11) is 0. The van der Waals surface area contributed by atoms with Crippen LogP contribution >= 0.6 is 0 Å². The minimum Gasteiger partial charge on any atom is -0.265 e. The average Bonchev–Trinajstić information content (AvgIpc) is 1.87. The first-order valence-corrected chi connectivity index (χ1v) is 3.58. The summed E-state index contributed by atoms with van der Waals surface area (Å²) in [5.41, 5.74) is 0. The molecule has 0 aromatic rings. The van der Waals surface area contributed by atoms with Gasteiger partial charge >= 0.3 is 0 Å². The first-order valence-electron chi connectivity index (χ1n) is 3.58. The van der Waals surface area contributed by atoms with Crippen LogP contribution in [0.3, 0.4) is 0 Å². The molecule has 0 aliphatic heterocycles. The summed E-state index contributed by atoms with van der Waals surface area (Å²) in [5.74, 6) is 0.586. The van der Waals surface area contributed by atoms with Gasteiger partial charge in [0.05, 0.1) is 0 Å². The van der Waals surface area contributed by atoms with Gasteiger partial charge in [-0.2, -0.15) is 0 Å². The molecule has 0 saturated heterocycles. The van der Waals surface area contributed by atoms with Gasteiger partial charge in [-0.3, -0.25) is 4.99 Å². The van der Waals surface area contributed by atoms with E-state index in [1.807, 2.05) is 25.3 Å². The highest BCUT2D eigenvalue weighted by Crippen LogP contribution is 1.92. The Morgan fingerprint density at radius 3 is 2.50 bits per heavy atom. The molecule has 0 fully saturated rings. The molecule has 0 N–H and O–H groups in total. The normalized spacial score (nSPS) is 13.2. The largest absolute Gasteiger partial charge is 0.265 e. The number of allylic oxidation sites excluding steroid dienone is 3. The van der Waals surface area contributed by atoms with E-state index in [0.717, 1.165) is 0 Å². The van der Waals surface area contributed by atoms with E-state index in [0.29, 0.717) is 5.92 Å². The predicted molar refractivity (Wildman–Crippen MR) is 47.3 cm³/mol. The SMILES string of the molecule is C\C=C/C=N\C=C\C(C)C. The molecule has 10 heavy (non-hydrogen) atoms. The Labute approximate surface area is 63.2 Å². The summed E-state index contributed by atoms with van der Waals surface area (Å²) in [4.78, 5) is 4.01. The van der Waals surface area contributed by atoms with E-state index < -0.39 is 0 Å². The second-order valence-corrected chi connectivity index (χ2v) is 2.41. The first kappa shape index (κ1) is 9.15. The van der Waals surface area contributed by atoms with Crippen molar-refractivity contribution in [2.45, 2.75) is 20.8 Å². The second-order valence-electron chi connectivity index (χ2n) is 2.41. The molecule has 0 aliphatic carbocycles. The van der Waals surface area contributed by atoms with Crippen molar-refractivity contribution < 1.29 is 0 Å². The summed E-state index contributed by atoms with van der Waals surface area (Å²) >= 11 is 0. The molecule has 0 bridgehead atoms. The molecule has 0 saturated carbocycles. The van der Waals surface area contributed by atoms with Crippen LogP contribution in [0.15, 0.2) is 29.4 Å². The zero-order valence-corrected chi connectivity index (χ0v) is 6.91. The van der Waals surface area contributed by atoms with Crippen LogP contribution in [0.25, 0.3) is 0 Å². The van der Waals surface area contributed by atoms with Gasteiger partial charge in [-0.05, 0) is 18.9 Å². The van der Waals surface area contributed by atoms with Gasteiger partial charge in [0.1, 0.15) is 0 Å². The molecule has 0 unspecified atom stereocenters. The van der Waals surface area contributed by atoms with Gasteiger partial charge in [0, 0.05) is 12.4 Å². The molecule has 0 aliphatic rings.